The van der Waals surface area contributed by atoms with E-state index in [4.69, 9.17) is 14.2 Å². The molecule has 6 nitrogen and oxygen atoms in total. The maximum Gasteiger partial charge on any atom is 0.407 e. The normalized spacial score (nSPS) is 11.2. The second kappa shape index (κ2) is 10.3. The molecule has 3 aromatic rings. The summed E-state index contributed by atoms with van der Waals surface area (Å²) in [5, 5.41) is 4.75. The van der Waals surface area contributed by atoms with Crippen LogP contribution in [0.2, 0.25) is 0 Å². The summed E-state index contributed by atoms with van der Waals surface area (Å²) in [5.41, 5.74) is 2.71. The van der Waals surface area contributed by atoms with E-state index in [1.54, 1.807) is 7.11 Å². The third-order valence-electron chi connectivity index (χ3n) is 4.69. The van der Waals surface area contributed by atoms with Gasteiger partial charge in [-0.05, 0) is 66.4 Å². The van der Waals surface area contributed by atoms with Crippen LogP contribution in [0.25, 0.3) is 21.9 Å². The van der Waals surface area contributed by atoms with E-state index in [0.29, 0.717) is 18.7 Å². The third-order valence-corrected chi connectivity index (χ3v) is 4.69. The molecule has 0 radical (unpaired) electrons. The molecule has 0 fully saturated rings. The fraction of sp³-hybridized carbons (Fsp3) is 0.308. The van der Waals surface area contributed by atoms with Gasteiger partial charge in [-0.1, -0.05) is 42.5 Å². The molecule has 3 aromatic carbocycles. The Balaban J connectivity index is 1.89. The zero-order chi connectivity index (χ0) is 23.1. The predicted molar refractivity (Wildman–Crippen MR) is 125 cm³/mol. The zero-order valence-electron chi connectivity index (χ0n) is 18.9. The average molecular weight is 436 g/mol. The molecule has 0 bridgehead atoms. The van der Waals surface area contributed by atoms with Gasteiger partial charge < -0.3 is 19.5 Å². The Morgan fingerprint density at radius 2 is 1.72 bits per heavy atom. The van der Waals surface area contributed by atoms with E-state index in [2.05, 4.69) is 5.32 Å². The Bertz CT molecular complexity index is 1100. The number of carbonyl (C=O) groups excluding carboxylic acids is 2. The molecule has 0 saturated heterocycles. The summed E-state index contributed by atoms with van der Waals surface area (Å²) in [5.74, 6) is -0.392. The van der Waals surface area contributed by atoms with Crippen molar-refractivity contribution in [3.63, 3.8) is 0 Å². The number of amides is 1. The van der Waals surface area contributed by atoms with Gasteiger partial charge in [0.1, 0.15) is 12.2 Å². The maximum absolute atomic E-state index is 12.6. The first-order valence-corrected chi connectivity index (χ1v) is 10.5. The molecule has 0 heterocycles. The lowest BCUT2D eigenvalue weighted by Crippen LogP contribution is -2.32. The van der Waals surface area contributed by atoms with E-state index in [1.165, 1.54) is 0 Å². The molecule has 0 unspecified atom stereocenters. The zero-order valence-corrected chi connectivity index (χ0v) is 18.9. The van der Waals surface area contributed by atoms with E-state index >= 15 is 0 Å². The molecule has 0 saturated carbocycles. The summed E-state index contributed by atoms with van der Waals surface area (Å²) >= 11 is 0. The largest absolute Gasteiger partial charge is 0.460 e. The van der Waals surface area contributed by atoms with Gasteiger partial charge in [0.15, 0.2) is 0 Å². The van der Waals surface area contributed by atoms with Gasteiger partial charge in [-0.3, -0.25) is 0 Å². The molecule has 0 aliphatic rings. The minimum atomic E-state index is -0.552. The molecule has 0 spiro atoms. The highest BCUT2D eigenvalue weighted by atomic mass is 16.6. The number of hydrogen-bond donors (Lipinski definition) is 1. The fourth-order valence-electron chi connectivity index (χ4n) is 3.31. The van der Waals surface area contributed by atoms with Crippen LogP contribution < -0.4 is 5.32 Å². The molecule has 1 N–H and O–H groups in total. The highest BCUT2D eigenvalue weighted by Gasteiger charge is 2.16. The molecule has 0 atom stereocenters. The Hall–Kier alpha value is -3.38. The summed E-state index contributed by atoms with van der Waals surface area (Å²) in [6.07, 6.45) is -0.464. The van der Waals surface area contributed by atoms with Gasteiger partial charge in [-0.2, -0.15) is 0 Å². The van der Waals surface area contributed by atoms with Gasteiger partial charge in [0.05, 0.1) is 12.2 Å². The molecule has 3 rings (SSSR count). The first-order chi connectivity index (χ1) is 15.3. The van der Waals surface area contributed by atoms with Crippen molar-refractivity contribution in [2.75, 3.05) is 20.3 Å². The fourth-order valence-corrected chi connectivity index (χ4v) is 3.31. The Morgan fingerprint density at radius 3 is 2.47 bits per heavy atom. The van der Waals surface area contributed by atoms with Crippen molar-refractivity contribution < 1.29 is 23.8 Å². The smallest absolute Gasteiger partial charge is 0.407 e. The summed E-state index contributed by atoms with van der Waals surface area (Å²) in [6.45, 7) is 6.35. The number of ether oxygens (including phenoxy) is 3. The number of nitrogens with one attached hydrogen (secondary N) is 1. The third kappa shape index (κ3) is 6.31. The van der Waals surface area contributed by atoms with E-state index < -0.39 is 17.7 Å². The number of fused-ring (bicyclic) bond motifs is 1. The van der Waals surface area contributed by atoms with Crippen LogP contribution in [-0.2, 0) is 20.8 Å². The lowest BCUT2D eigenvalue weighted by molar-refractivity contribution is 0.0387. The SMILES string of the molecule is COCCOC(=O)c1cc(-c2cccc(CNC(=O)OC(C)(C)C)c2)c2ccccc2c1. The van der Waals surface area contributed by atoms with Crippen LogP contribution >= 0.6 is 0 Å². The first-order valence-electron chi connectivity index (χ1n) is 10.5. The average Bonchev–Trinajstić information content (AvgIpc) is 2.76. The summed E-state index contributed by atoms with van der Waals surface area (Å²) < 4.78 is 15.6. The van der Waals surface area contributed by atoms with Crippen LogP contribution in [0.15, 0.2) is 60.7 Å². The van der Waals surface area contributed by atoms with Gasteiger partial charge >= 0.3 is 12.1 Å². The first kappa shape index (κ1) is 23.3. The second-order valence-electron chi connectivity index (χ2n) is 8.43. The molecule has 1 amide bonds. The van der Waals surface area contributed by atoms with Crippen molar-refractivity contribution in [1.82, 2.24) is 5.32 Å². The van der Waals surface area contributed by atoms with Crippen LogP contribution in [0.3, 0.4) is 0 Å². The van der Waals surface area contributed by atoms with Crippen molar-refractivity contribution >= 4 is 22.8 Å². The molecule has 6 heteroatoms. The molecule has 0 aliphatic heterocycles. The second-order valence-corrected chi connectivity index (χ2v) is 8.43. The number of methoxy groups -OCH3 is 1. The van der Waals surface area contributed by atoms with Crippen LogP contribution in [0.5, 0.6) is 0 Å². The minimum Gasteiger partial charge on any atom is -0.460 e. The number of benzene rings is 3. The molecular weight excluding hydrogens is 406 g/mol. The van der Waals surface area contributed by atoms with Crippen molar-refractivity contribution in [2.45, 2.75) is 32.9 Å². The number of esters is 1. The summed E-state index contributed by atoms with van der Waals surface area (Å²) in [7, 11) is 1.56. The Kier molecular flexibility index (Phi) is 7.49. The number of rotatable bonds is 7. The Morgan fingerprint density at radius 1 is 0.938 bits per heavy atom. The lowest BCUT2D eigenvalue weighted by atomic mass is 9.94. The monoisotopic (exact) mass is 435 g/mol. The molecule has 0 aromatic heterocycles. The van der Waals surface area contributed by atoms with Crippen LogP contribution in [0, 0.1) is 0 Å². The van der Waals surface area contributed by atoms with Crippen LogP contribution in [0.4, 0.5) is 4.79 Å². The highest BCUT2D eigenvalue weighted by molar-refractivity contribution is 6.03. The topological polar surface area (TPSA) is 73.9 Å². The minimum absolute atomic E-state index is 0.198. The molecule has 0 aliphatic carbocycles. The predicted octanol–water partition coefficient (Wildman–Crippen LogP) is 5.33. The number of carbonyl (C=O) groups is 2. The molecule has 32 heavy (non-hydrogen) atoms. The van der Waals surface area contributed by atoms with Crippen molar-refractivity contribution in [3.8, 4) is 11.1 Å². The van der Waals surface area contributed by atoms with Crippen LogP contribution in [-0.4, -0.2) is 38.0 Å². The molecule has 168 valence electrons. The van der Waals surface area contributed by atoms with Gasteiger partial charge in [0.2, 0.25) is 0 Å². The van der Waals surface area contributed by atoms with Gasteiger partial charge in [-0.25, -0.2) is 9.59 Å². The van der Waals surface area contributed by atoms with Crippen LogP contribution in [0.1, 0.15) is 36.7 Å². The Labute approximate surface area is 188 Å². The van der Waals surface area contributed by atoms with Crippen molar-refractivity contribution in [3.05, 3.63) is 71.8 Å². The quantitative estimate of drug-likeness (QED) is 0.401. The van der Waals surface area contributed by atoms with E-state index in [1.807, 2.05) is 81.4 Å². The maximum atomic E-state index is 12.6. The standard InChI is InChI=1S/C26H29NO5/c1-26(2,3)32-25(29)27-17-18-8-7-10-19(14-18)23-16-21(24(28)31-13-12-30-4)15-20-9-5-6-11-22(20)23/h5-11,14-16H,12-13,17H2,1-4H3,(H,27,29). The lowest BCUT2D eigenvalue weighted by Gasteiger charge is -2.19. The van der Waals surface area contributed by atoms with Gasteiger partial charge in [0.25, 0.3) is 0 Å². The van der Waals surface area contributed by atoms with Gasteiger partial charge in [0, 0.05) is 13.7 Å². The summed E-state index contributed by atoms with van der Waals surface area (Å²) in [6, 6.07) is 19.4. The number of alkyl carbamates (subject to hydrolysis) is 1. The van der Waals surface area contributed by atoms with E-state index in [-0.39, 0.29) is 6.61 Å². The summed E-state index contributed by atoms with van der Waals surface area (Å²) in [4.78, 5) is 24.6. The van der Waals surface area contributed by atoms with E-state index in [0.717, 1.165) is 27.5 Å². The number of hydrogen-bond acceptors (Lipinski definition) is 5. The molecular formula is C26H29NO5. The van der Waals surface area contributed by atoms with Gasteiger partial charge in [-0.15, -0.1) is 0 Å². The van der Waals surface area contributed by atoms with Crippen molar-refractivity contribution in [2.24, 2.45) is 0 Å². The van der Waals surface area contributed by atoms with Crippen molar-refractivity contribution in [1.29, 1.82) is 0 Å². The highest BCUT2D eigenvalue weighted by Crippen LogP contribution is 2.31. The van der Waals surface area contributed by atoms with E-state index in [9.17, 15) is 9.59 Å².